The second-order valence-corrected chi connectivity index (χ2v) is 8.48. The van der Waals surface area contributed by atoms with Gasteiger partial charge in [0, 0.05) is 43.1 Å². The number of unbranched alkanes of at least 4 members (excludes halogenated alkanes) is 1. The number of halogens is 1. The van der Waals surface area contributed by atoms with Gasteiger partial charge in [0.05, 0.1) is 5.60 Å². The molecule has 0 aromatic heterocycles. The number of nitrogens with zero attached hydrogens (tertiary/aromatic N) is 2. The van der Waals surface area contributed by atoms with Gasteiger partial charge >= 0.3 is 0 Å². The van der Waals surface area contributed by atoms with E-state index < -0.39 is 5.60 Å². The molecule has 1 unspecified atom stereocenters. The Hall–Kier alpha value is -0.420. The van der Waals surface area contributed by atoms with Crippen LogP contribution in [0.2, 0.25) is 0 Å². The summed E-state index contributed by atoms with van der Waals surface area (Å²) in [5.41, 5.74) is 0.778. The average molecular weight is 395 g/mol. The van der Waals surface area contributed by atoms with Gasteiger partial charge in [-0.05, 0) is 49.9 Å². The molecule has 3 nitrogen and oxygen atoms in total. The molecule has 4 heteroatoms. The SMILES string of the molecule is CCCCN1CCN(CC(c2cccc(Br)c2)C2(O)CCC2)CC1. The first-order valence-corrected chi connectivity index (χ1v) is 10.3. The van der Waals surface area contributed by atoms with Crippen LogP contribution in [0, 0.1) is 0 Å². The Labute approximate surface area is 155 Å². The second kappa shape index (κ2) is 8.31. The van der Waals surface area contributed by atoms with Gasteiger partial charge in [0.15, 0.2) is 0 Å². The molecule has 1 aliphatic carbocycles. The summed E-state index contributed by atoms with van der Waals surface area (Å²) in [6.07, 6.45) is 5.63. The molecule has 0 radical (unpaired) electrons. The minimum absolute atomic E-state index is 0.228. The largest absolute Gasteiger partial charge is 0.389 e. The van der Waals surface area contributed by atoms with Crippen molar-refractivity contribution in [3.8, 4) is 0 Å². The van der Waals surface area contributed by atoms with E-state index in [0.29, 0.717) is 0 Å². The predicted octanol–water partition coefficient (Wildman–Crippen LogP) is 3.87. The lowest BCUT2D eigenvalue weighted by Crippen LogP contribution is -2.52. The zero-order chi connectivity index (χ0) is 17.0. The first-order valence-electron chi connectivity index (χ1n) is 9.53. The van der Waals surface area contributed by atoms with E-state index >= 15 is 0 Å². The third-order valence-corrected chi connectivity index (χ3v) is 6.35. The molecule has 1 saturated carbocycles. The van der Waals surface area contributed by atoms with Gasteiger partial charge in [-0.15, -0.1) is 0 Å². The van der Waals surface area contributed by atoms with Crippen LogP contribution in [0.15, 0.2) is 28.7 Å². The van der Waals surface area contributed by atoms with E-state index in [1.807, 2.05) is 0 Å². The van der Waals surface area contributed by atoms with Crippen LogP contribution in [0.4, 0.5) is 0 Å². The lowest BCUT2D eigenvalue weighted by atomic mass is 9.68. The topological polar surface area (TPSA) is 26.7 Å². The van der Waals surface area contributed by atoms with E-state index in [9.17, 15) is 5.11 Å². The zero-order valence-corrected chi connectivity index (χ0v) is 16.5. The molecule has 0 spiro atoms. The van der Waals surface area contributed by atoms with Gasteiger partial charge in [0.25, 0.3) is 0 Å². The van der Waals surface area contributed by atoms with E-state index in [4.69, 9.17) is 0 Å². The molecule has 1 heterocycles. The van der Waals surface area contributed by atoms with E-state index in [1.54, 1.807) is 0 Å². The van der Waals surface area contributed by atoms with Gasteiger partial charge in [-0.25, -0.2) is 0 Å². The molecule has 2 aliphatic rings. The monoisotopic (exact) mass is 394 g/mol. The second-order valence-electron chi connectivity index (χ2n) is 7.56. The lowest BCUT2D eigenvalue weighted by Gasteiger charge is -2.46. The number of benzene rings is 1. The molecule has 1 aromatic rings. The van der Waals surface area contributed by atoms with Crippen molar-refractivity contribution >= 4 is 15.9 Å². The summed E-state index contributed by atoms with van der Waals surface area (Å²) in [5.74, 6) is 0.228. The van der Waals surface area contributed by atoms with Gasteiger partial charge in [-0.2, -0.15) is 0 Å². The Morgan fingerprint density at radius 3 is 2.46 bits per heavy atom. The Morgan fingerprint density at radius 1 is 1.17 bits per heavy atom. The predicted molar refractivity (Wildman–Crippen MR) is 103 cm³/mol. The van der Waals surface area contributed by atoms with Crippen molar-refractivity contribution in [3.63, 3.8) is 0 Å². The van der Waals surface area contributed by atoms with Crippen molar-refractivity contribution in [2.24, 2.45) is 0 Å². The number of rotatable bonds is 7. The first kappa shape index (κ1) is 18.4. The van der Waals surface area contributed by atoms with Gasteiger partial charge in [-0.3, -0.25) is 0 Å². The van der Waals surface area contributed by atoms with Gasteiger partial charge in [0.2, 0.25) is 0 Å². The van der Waals surface area contributed by atoms with Crippen LogP contribution in [-0.2, 0) is 0 Å². The van der Waals surface area contributed by atoms with Crippen LogP contribution in [-0.4, -0.2) is 59.8 Å². The van der Waals surface area contributed by atoms with Crippen molar-refractivity contribution in [2.45, 2.75) is 50.5 Å². The highest BCUT2D eigenvalue weighted by Gasteiger charge is 2.43. The summed E-state index contributed by atoms with van der Waals surface area (Å²) in [6.45, 7) is 9.08. The summed E-state index contributed by atoms with van der Waals surface area (Å²) in [7, 11) is 0. The Morgan fingerprint density at radius 2 is 1.88 bits per heavy atom. The molecular formula is C20H31BrN2O. The summed E-state index contributed by atoms with van der Waals surface area (Å²) in [5, 5.41) is 11.1. The van der Waals surface area contributed by atoms with E-state index in [2.05, 4.69) is 56.9 Å². The quantitative estimate of drug-likeness (QED) is 0.760. The van der Waals surface area contributed by atoms with Crippen molar-refractivity contribution < 1.29 is 5.11 Å². The molecule has 2 fully saturated rings. The lowest BCUT2D eigenvalue weighted by molar-refractivity contribution is -0.0669. The fourth-order valence-electron chi connectivity index (χ4n) is 4.03. The first-order chi connectivity index (χ1) is 11.6. The maximum absolute atomic E-state index is 11.1. The Balaban J connectivity index is 1.63. The third kappa shape index (κ3) is 4.40. The molecule has 1 aromatic carbocycles. The van der Waals surface area contributed by atoms with Crippen LogP contribution in [0.25, 0.3) is 0 Å². The maximum atomic E-state index is 11.1. The highest BCUT2D eigenvalue weighted by Crippen LogP contribution is 2.44. The van der Waals surface area contributed by atoms with Crippen LogP contribution < -0.4 is 0 Å². The highest BCUT2D eigenvalue weighted by molar-refractivity contribution is 9.10. The zero-order valence-electron chi connectivity index (χ0n) is 14.9. The van der Waals surface area contributed by atoms with Gasteiger partial charge in [0.1, 0.15) is 0 Å². The highest BCUT2D eigenvalue weighted by atomic mass is 79.9. The summed E-state index contributed by atoms with van der Waals surface area (Å²) in [4.78, 5) is 5.15. The molecule has 0 amide bonds. The number of hydrogen-bond donors (Lipinski definition) is 1. The summed E-state index contributed by atoms with van der Waals surface area (Å²) in [6, 6.07) is 8.54. The van der Waals surface area contributed by atoms with Crippen molar-refractivity contribution in [2.75, 3.05) is 39.3 Å². The van der Waals surface area contributed by atoms with Crippen LogP contribution in [0.5, 0.6) is 0 Å². The van der Waals surface area contributed by atoms with E-state index in [0.717, 1.165) is 43.4 Å². The van der Waals surface area contributed by atoms with Crippen LogP contribution >= 0.6 is 15.9 Å². The molecule has 1 atom stereocenters. The molecule has 1 N–H and O–H groups in total. The van der Waals surface area contributed by atoms with E-state index in [1.165, 1.54) is 38.0 Å². The van der Waals surface area contributed by atoms with Gasteiger partial charge in [-0.1, -0.05) is 41.4 Å². The molecule has 1 aliphatic heterocycles. The van der Waals surface area contributed by atoms with Gasteiger partial charge < -0.3 is 14.9 Å². The minimum Gasteiger partial charge on any atom is -0.389 e. The fourth-order valence-corrected chi connectivity index (χ4v) is 4.45. The number of aliphatic hydroxyl groups is 1. The maximum Gasteiger partial charge on any atom is 0.0728 e. The molecule has 24 heavy (non-hydrogen) atoms. The Bertz CT molecular complexity index is 524. The van der Waals surface area contributed by atoms with Crippen molar-refractivity contribution in [1.82, 2.24) is 9.80 Å². The van der Waals surface area contributed by atoms with Crippen LogP contribution in [0.3, 0.4) is 0 Å². The number of hydrogen-bond acceptors (Lipinski definition) is 3. The molecule has 0 bridgehead atoms. The Kier molecular flexibility index (Phi) is 6.36. The summed E-state index contributed by atoms with van der Waals surface area (Å²) < 4.78 is 1.11. The number of piperazine rings is 1. The standard InChI is InChI=1S/C20H31BrN2O/c1-2-3-10-22-11-13-23(14-12-22)16-19(20(24)8-5-9-20)17-6-4-7-18(21)15-17/h4,6-7,15,19,24H,2-3,5,8-14,16H2,1H3. The van der Waals surface area contributed by atoms with Crippen molar-refractivity contribution in [3.05, 3.63) is 34.3 Å². The molecular weight excluding hydrogens is 364 g/mol. The fraction of sp³-hybridized carbons (Fsp3) is 0.700. The average Bonchev–Trinajstić information content (AvgIpc) is 2.57. The normalized spacial score (nSPS) is 23.0. The molecule has 3 rings (SSSR count). The minimum atomic E-state index is -0.500. The van der Waals surface area contributed by atoms with E-state index in [-0.39, 0.29) is 5.92 Å². The van der Waals surface area contributed by atoms with Crippen LogP contribution in [0.1, 0.15) is 50.5 Å². The molecule has 134 valence electrons. The molecule has 1 saturated heterocycles. The van der Waals surface area contributed by atoms with Crippen molar-refractivity contribution in [1.29, 1.82) is 0 Å². The summed E-state index contributed by atoms with van der Waals surface area (Å²) >= 11 is 3.59. The third-order valence-electron chi connectivity index (χ3n) is 5.85. The smallest absolute Gasteiger partial charge is 0.0728 e.